The number of hydrogen-bond acceptors (Lipinski definition) is 4. The Morgan fingerprint density at radius 3 is 2.86 bits per heavy atom. The lowest BCUT2D eigenvalue weighted by molar-refractivity contribution is 0.212. The molecule has 22 heavy (non-hydrogen) atoms. The Morgan fingerprint density at radius 1 is 1.36 bits per heavy atom. The molecule has 0 radical (unpaired) electrons. The highest BCUT2D eigenvalue weighted by molar-refractivity contribution is 7.13. The highest BCUT2D eigenvalue weighted by Crippen LogP contribution is 2.39. The first-order valence-corrected chi connectivity index (χ1v) is 9.21. The van der Waals surface area contributed by atoms with Crippen LogP contribution in [0.15, 0.2) is 5.38 Å². The average Bonchev–Trinajstić information content (AvgIpc) is 3.11. The van der Waals surface area contributed by atoms with E-state index in [1.54, 1.807) is 11.3 Å². The molecule has 0 aromatic carbocycles. The molecule has 4 rings (SSSR count). The molecule has 5 nitrogen and oxygen atoms in total. The first-order valence-electron chi connectivity index (χ1n) is 8.33. The van der Waals surface area contributed by atoms with Crippen molar-refractivity contribution < 1.29 is 4.79 Å². The van der Waals surface area contributed by atoms with Crippen LogP contribution in [-0.2, 0) is 0 Å². The van der Waals surface area contributed by atoms with Crippen molar-refractivity contribution in [2.24, 2.45) is 5.41 Å². The fourth-order valence-electron chi connectivity index (χ4n) is 4.01. The summed E-state index contributed by atoms with van der Waals surface area (Å²) in [6, 6.07) is 0.0286. The molecule has 1 spiro atoms. The highest BCUT2D eigenvalue weighted by atomic mass is 32.1. The third kappa shape index (κ3) is 2.63. The molecular formula is C16H24N4OS. The number of carbonyl (C=O) groups is 1. The van der Waals surface area contributed by atoms with Crippen molar-refractivity contribution in [1.29, 1.82) is 0 Å². The molecule has 1 aliphatic carbocycles. The lowest BCUT2D eigenvalue weighted by atomic mass is 9.83. The minimum atomic E-state index is 0.0286. The highest BCUT2D eigenvalue weighted by Gasteiger charge is 2.43. The average molecular weight is 320 g/mol. The number of nitrogens with zero attached hydrogens (tertiary/aromatic N) is 3. The second-order valence-corrected chi connectivity index (χ2v) is 8.15. The van der Waals surface area contributed by atoms with Crippen molar-refractivity contribution in [1.82, 2.24) is 14.8 Å². The van der Waals surface area contributed by atoms with Gasteiger partial charge in [-0.3, -0.25) is 5.32 Å². The van der Waals surface area contributed by atoms with Crippen LogP contribution in [0.25, 0.3) is 0 Å². The van der Waals surface area contributed by atoms with Crippen LogP contribution in [0.3, 0.4) is 0 Å². The van der Waals surface area contributed by atoms with E-state index in [4.69, 9.17) is 0 Å². The van der Waals surface area contributed by atoms with E-state index in [9.17, 15) is 4.79 Å². The van der Waals surface area contributed by atoms with Crippen molar-refractivity contribution in [3.8, 4) is 0 Å². The molecular weight excluding hydrogens is 296 g/mol. The van der Waals surface area contributed by atoms with Crippen LogP contribution in [0.1, 0.15) is 43.7 Å². The minimum Gasteiger partial charge on any atom is -0.324 e. The van der Waals surface area contributed by atoms with Gasteiger partial charge in [0.15, 0.2) is 5.13 Å². The number of likely N-dealkylation sites (tertiary alicyclic amines) is 2. The van der Waals surface area contributed by atoms with E-state index in [0.29, 0.717) is 11.3 Å². The number of hydrogen-bond donors (Lipinski definition) is 1. The number of anilines is 1. The lowest BCUT2D eigenvalue weighted by Crippen LogP contribution is -2.36. The van der Waals surface area contributed by atoms with Gasteiger partial charge in [-0.15, -0.1) is 11.3 Å². The summed E-state index contributed by atoms with van der Waals surface area (Å²) in [7, 11) is 2.18. The third-order valence-electron chi connectivity index (χ3n) is 5.61. The summed E-state index contributed by atoms with van der Waals surface area (Å²) < 4.78 is 0. The Bertz CT molecular complexity index is 570. The van der Waals surface area contributed by atoms with E-state index in [0.717, 1.165) is 37.7 Å². The van der Waals surface area contributed by atoms with Gasteiger partial charge in [-0.2, -0.15) is 0 Å². The van der Waals surface area contributed by atoms with Gasteiger partial charge in [0.2, 0.25) is 0 Å². The van der Waals surface area contributed by atoms with Crippen molar-refractivity contribution in [3.63, 3.8) is 0 Å². The van der Waals surface area contributed by atoms with Gasteiger partial charge in [0.25, 0.3) is 0 Å². The third-order valence-corrected chi connectivity index (χ3v) is 6.39. The van der Waals surface area contributed by atoms with Crippen molar-refractivity contribution in [3.05, 3.63) is 11.1 Å². The summed E-state index contributed by atoms with van der Waals surface area (Å²) in [4.78, 5) is 21.4. The van der Waals surface area contributed by atoms with E-state index in [2.05, 4.69) is 27.6 Å². The smallest absolute Gasteiger partial charge is 0.323 e. The molecule has 120 valence electrons. The van der Waals surface area contributed by atoms with Gasteiger partial charge < -0.3 is 9.80 Å². The number of aromatic nitrogens is 1. The van der Waals surface area contributed by atoms with Crippen LogP contribution in [0.2, 0.25) is 0 Å². The van der Waals surface area contributed by atoms with Crippen molar-refractivity contribution >= 4 is 22.5 Å². The summed E-state index contributed by atoms with van der Waals surface area (Å²) in [6.45, 7) is 4.05. The van der Waals surface area contributed by atoms with E-state index < -0.39 is 0 Å². The first-order chi connectivity index (χ1) is 10.6. The summed E-state index contributed by atoms with van der Waals surface area (Å²) in [5, 5.41) is 5.87. The number of urea groups is 1. The second kappa shape index (κ2) is 5.49. The van der Waals surface area contributed by atoms with Gasteiger partial charge in [0, 0.05) is 36.3 Å². The maximum atomic E-state index is 12.5. The molecule has 2 aliphatic heterocycles. The van der Waals surface area contributed by atoms with E-state index >= 15 is 0 Å². The molecule has 6 heteroatoms. The molecule has 2 saturated heterocycles. The van der Waals surface area contributed by atoms with Crippen molar-refractivity contribution in [2.75, 3.05) is 38.5 Å². The molecule has 1 saturated carbocycles. The minimum absolute atomic E-state index is 0.0286. The lowest BCUT2D eigenvalue weighted by Gasteiger charge is -2.24. The van der Waals surface area contributed by atoms with Crippen LogP contribution in [0.5, 0.6) is 0 Å². The zero-order valence-electron chi connectivity index (χ0n) is 13.2. The first kappa shape index (κ1) is 14.5. The van der Waals surface area contributed by atoms with Crippen LogP contribution in [-0.4, -0.2) is 54.0 Å². The van der Waals surface area contributed by atoms with E-state index in [-0.39, 0.29) is 6.03 Å². The zero-order valence-corrected chi connectivity index (χ0v) is 14.0. The molecule has 1 unspecified atom stereocenters. The van der Waals surface area contributed by atoms with Gasteiger partial charge in [-0.05, 0) is 39.3 Å². The quantitative estimate of drug-likeness (QED) is 0.911. The Labute approximate surface area is 135 Å². The maximum absolute atomic E-state index is 12.5. The molecule has 1 N–H and O–H groups in total. The summed E-state index contributed by atoms with van der Waals surface area (Å²) in [5.74, 6) is 0.631. The summed E-state index contributed by atoms with van der Waals surface area (Å²) in [5.41, 5.74) is 1.51. The number of amides is 2. The Morgan fingerprint density at radius 2 is 2.18 bits per heavy atom. The topological polar surface area (TPSA) is 48.5 Å². The normalized spacial score (nSPS) is 29.2. The second-order valence-electron chi connectivity index (χ2n) is 7.29. The number of nitrogens with one attached hydrogen (secondary N) is 1. The van der Waals surface area contributed by atoms with Crippen molar-refractivity contribution in [2.45, 2.75) is 38.0 Å². The van der Waals surface area contributed by atoms with Crippen LogP contribution < -0.4 is 5.32 Å². The fraction of sp³-hybridized carbons (Fsp3) is 0.750. The molecule has 3 heterocycles. The van der Waals surface area contributed by atoms with E-state index in [1.165, 1.54) is 31.4 Å². The van der Waals surface area contributed by atoms with Gasteiger partial charge >= 0.3 is 6.03 Å². The Kier molecular flexibility index (Phi) is 3.61. The standard InChI is InChI=1S/C16H24N4OS/c1-19-7-5-16(10-19)6-8-20(11-16)15(21)18-14-17-13(9-22-14)12-3-2-4-12/h9,12H,2-8,10-11H2,1H3,(H,17,18,21). The SMILES string of the molecule is CN1CCC2(CCN(C(=O)Nc3nc(C4CCC4)cs3)C2)C1. The fourth-order valence-corrected chi connectivity index (χ4v) is 4.79. The van der Waals surface area contributed by atoms with Crippen LogP contribution in [0, 0.1) is 5.41 Å². The van der Waals surface area contributed by atoms with Gasteiger partial charge in [0.1, 0.15) is 0 Å². The number of rotatable bonds is 2. The monoisotopic (exact) mass is 320 g/mol. The molecule has 1 atom stereocenters. The largest absolute Gasteiger partial charge is 0.324 e. The molecule has 3 fully saturated rings. The predicted molar refractivity (Wildman–Crippen MR) is 88.5 cm³/mol. The summed E-state index contributed by atoms with van der Waals surface area (Å²) in [6.07, 6.45) is 6.17. The Balaban J connectivity index is 1.35. The molecule has 1 aromatic heterocycles. The van der Waals surface area contributed by atoms with Gasteiger partial charge in [0.05, 0.1) is 5.69 Å². The predicted octanol–water partition coefficient (Wildman–Crippen LogP) is 2.97. The van der Waals surface area contributed by atoms with Gasteiger partial charge in [-0.1, -0.05) is 6.42 Å². The van der Waals surface area contributed by atoms with Gasteiger partial charge in [-0.25, -0.2) is 9.78 Å². The van der Waals surface area contributed by atoms with E-state index in [1.807, 2.05) is 4.90 Å². The number of thiazole rings is 1. The molecule has 1 aromatic rings. The molecule has 2 amide bonds. The molecule has 0 bridgehead atoms. The number of carbonyl (C=O) groups excluding carboxylic acids is 1. The van der Waals surface area contributed by atoms with Crippen LogP contribution in [0.4, 0.5) is 9.93 Å². The summed E-state index contributed by atoms with van der Waals surface area (Å²) >= 11 is 1.56. The zero-order chi connectivity index (χ0) is 15.2. The Hall–Kier alpha value is -1.14. The maximum Gasteiger partial charge on any atom is 0.323 e. The van der Waals surface area contributed by atoms with Crippen LogP contribution >= 0.6 is 11.3 Å². The molecule has 3 aliphatic rings.